The number of hydrogen-bond donors (Lipinski definition) is 1. The second-order valence-electron chi connectivity index (χ2n) is 7.52. The van der Waals surface area contributed by atoms with Crippen molar-refractivity contribution in [3.05, 3.63) is 42.1 Å². The van der Waals surface area contributed by atoms with E-state index in [1.165, 1.54) is 0 Å². The summed E-state index contributed by atoms with van der Waals surface area (Å²) in [6.45, 7) is 5.65. The summed E-state index contributed by atoms with van der Waals surface area (Å²) in [6, 6.07) is 9.97. The van der Waals surface area contributed by atoms with E-state index in [4.69, 9.17) is 10.5 Å². The number of nitrogens with two attached hydrogens (primary N) is 1. The summed E-state index contributed by atoms with van der Waals surface area (Å²) in [5, 5.41) is 0. The number of likely N-dealkylation sites (tertiary alicyclic amines) is 1. The zero-order chi connectivity index (χ0) is 18.8. The molecule has 2 aliphatic rings. The fourth-order valence-corrected chi connectivity index (χ4v) is 3.71. The van der Waals surface area contributed by atoms with Crippen LogP contribution in [0.2, 0.25) is 0 Å². The SMILES string of the molecule is CC1CCN(C(=O)N2CCOc3ccc(-c4ccc(N)nc4)cc3C2)CC1. The number of ether oxygens (including phenoxy) is 1. The molecule has 0 spiro atoms. The third-order valence-electron chi connectivity index (χ3n) is 5.48. The molecule has 2 amide bonds. The van der Waals surface area contributed by atoms with Crippen molar-refractivity contribution in [1.82, 2.24) is 14.8 Å². The van der Waals surface area contributed by atoms with Crippen molar-refractivity contribution in [3.63, 3.8) is 0 Å². The zero-order valence-electron chi connectivity index (χ0n) is 15.7. The van der Waals surface area contributed by atoms with Gasteiger partial charge in [0, 0.05) is 30.4 Å². The van der Waals surface area contributed by atoms with Crippen molar-refractivity contribution in [1.29, 1.82) is 0 Å². The molecule has 0 saturated carbocycles. The van der Waals surface area contributed by atoms with Crippen molar-refractivity contribution < 1.29 is 9.53 Å². The number of amides is 2. The van der Waals surface area contributed by atoms with Crippen LogP contribution in [0.1, 0.15) is 25.3 Å². The molecule has 1 saturated heterocycles. The van der Waals surface area contributed by atoms with Crippen molar-refractivity contribution in [2.24, 2.45) is 5.92 Å². The molecule has 1 aromatic carbocycles. The average Bonchev–Trinajstić information content (AvgIpc) is 2.90. The predicted octanol–water partition coefficient (Wildman–Crippen LogP) is 3.38. The van der Waals surface area contributed by atoms with Crippen molar-refractivity contribution >= 4 is 11.8 Å². The normalized spacial score (nSPS) is 17.8. The van der Waals surface area contributed by atoms with Crippen LogP contribution in [0.25, 0.3) is 11.1 Å². The summed E-state index contributed by atoms with van der Waals surface area (Å²) < 4.78 is 5.90. The van der Waals surface area contributed by atoms with Gasteiger partial charge in [0.2, 0.25) is 0 Å². The Morgan fingerprint density at radius 1 is 1.11 bits per heavy atom. The van der Waals surface area contributed by atoms with Gasteiger partial charge in [0.25, 0.3) is 0 Å². The molecular weight excluding hydrogens is 340 g/mol. The van der Waals surface area contributed by atoms with Crippen LogP contribution in [-0.4, -0.2) is 47.1 Å². The number of urea groups is 1. The Morgan fingerprint density at radius 3 is 2.63 bits per heavy atom. The minimum Gasteiger partial charge on any atom is -0.491 e. The number of hydrogen-bond acceptors (Lipinski definition) is 4. The fraction of sp³-hybridized carbons (Fsp3) is 0.429. The summed E-state index contributed by atoms with van der Waals surface area (Å²) >= 11 is 0. The Hall–Kier alpha value is -2.76. The molecule has 142 valence electrons. The van der Waals surface area contributed by atoms with E-state index in [9.17, 15) is 4.79 Å². The molecule has 0 unspecified atom stereocenters. The second kappa shape index (κ2) is 7.47. The number of pyridine rings is 1. The van der Waals surface area contributed by atoms with Gasteiger partial charge in [-0.1, -0.05) is 13.0 Å². The molecule has 27 heavy (non-hydrogen) atoms. The summed E-state index contributed by atoms with van der Waals surface area (Å²) in [5.74, 6) is 2.06. The summed E-state index contributed by atoms with van der Waals surface area (Å²) in [6.07, 6.45) is 3.94. The minimum absolute atomic E-state index is 0.123. The number of nitrogen functional groups attached to an aromatic ring is 1. The van der Waals surface area contributed by atoms with E-state index in [0.29, 0.717) is 31.4 Å². The Labute approximate surface area is 159 Å². The number of aromatic nitrogens is 1. The van der Waals surface area contributed by atoms with E-state index in [0.717, 1.165) is 48.4 Å². The van der Waals surface area contributed by atoms with Gasteiger partial charge < -0.3 is 20.3 Å². The molecule has 1 aromatic heterocycles. The van der Waals surface area contributed by atoms with E-state index >= 15 is 0 Å². The standard InChI is InChI=1S/C21H26N4O2/c1-15-6-8-24(9-7-15)21(26)25-10-11-27-19-4-2-16(12-18(19)14-25)17-3-5-20(22)23-13-17/h2-5,12-13,15H,6-11,14H2,1H3,(H2,22,23). The lowest BCUT2D eigenvalue weighted by atomic mass is 9.99. The predicted molar refractivity (Wildman–Crippen MR) is 105 cm³/mol. The van der Waals surface area contributed by atoms with Crippen LogP contribution in [0.4, 0.5) is 10.6 Å². The lowest BCUT2D eigenvalue weighted by Gasteiger charge is -2.34. The number of piperidine rings is 1. The van der Waals surface area contributed by atoms with E-state index in [2.05, 4.69) is 18.0 Å². The summed E-state index contributed by atoms with van der Waals surface area (Å²) in [7, 11) is 0. The highest BCUT2D eigenvalue weighted by atomic mass is 16.5. The van der Waals surface area contributed by atoms with Crippen LogP contribution in [0.15, 0.2) is 36.5 Å². The van der Waals surface area contributed by atoms with Crippen LogP contribution in [0.5, 0.6) is 5.75 Å². The highest BCUT2D eigenvalue weighted by Crippen LogP contribution is 2.30. The lowest BCUT2D eigenvalue weighted by Crippen LogP contribution is -2.46. The van der Waals surface area contributed by atoms with Crippen molar-refractivity contribution in [2.75, 3.05) is 32.0 Å². The molecule has 2 N–H and O–H groups in total. The van der Waals surface area contributed by atoms with Crippen LogP contribution >= 0.6 is 0 Å². The van der Waals surface area contributed by atoms with Gasteiger partial charge in [-0.2, -0.15) is 0 Å². The molecule has 1 fully saturated rings. The van der Waals surface area contributed by atoms with Crippen molar-refractivity contribution in [3.8, 4) is 16.9 Å². The molecule has 6 heteroatoms. The summed E-state index contributed by atoms with van der Waals surface area (Å²) in [4.78, 5) is 21.1. The Balaban J connectivity index is 1.54. The van der Waals surface area contributed by atoms with Gasteiger partial charge in [-0.15, -0.1) is 0 Å². The molecule has 6 nitrogen and oxygen atoms in total. The highest BCUT2D eigenvalue weighted by molar-refractivity contribution is 5.75. The van der Waals surface area contributed by atoms with Crippen molar-refractivity contribution in [2.45, 2.75) is 26.3 Å². The van der Waals surface area contributed by atoms with Gasteiger partial charge in [0.05, 0.1) is 13.1 Å². The van der Waals surface area contributed by atoms with E-state index < -0.39 is 0 Å². The Kier molecular flexibility index (Phi) is 4.88. The molecular formula is C21H26N4O2. The molecule has 3 heterocycles. The number of benzene rings is 1. The highest BCUT2D eigenvalue weighted by Gasteiger charge is 2.27. The zero-order valence-corrected chi connectivity index (χ0v) is 15.7. The largest absolute Gasteiger partial charge is 0.491 e. The third kappa shape index (κ3) is 3.84. The maximum absolute atomic E-state index is 13.0. The van der Waals surface area contributed by atoms with Gasteiger partial charge in [-0.25, -0.2) is 9.78 Å². The van der Waals surface area contributed by atoms with Crippen LogP contribution in [-0.2, 0) is 6.54 Å². The summed E-state index contributed by atoms with van der Waals surface area (Å²) in [5.41, 5.74) is 8.76. The van der Waals surface area contributed by atoms with Gasteiger partial charge in [-0.05, 0) is 48.6 Å². The minimum atomic E-state index is 0.123. The first-order valence-corrected chi connectivity index (χ1v) is 9.61. The first-order valence-electron chi connectivity index (χ1n) is 9.61. The van der Waals surface area contributed by atoms with Crippen LogP contribution in [0, 0.1) is 5.92 Å². The van der Waals surface area contributed by atoms with Gasteiger partial charge in [0.15, 0.2) is 0 Å². The number of rotatable bonds is 1. The van der Waals surface area contributed by atoms with E-state index in [-0.39, 0.29) is 6.03 Å². The lowest BCUT2D eigenvalue weighted by molar-refractivity contribution is 0.129. The fourth-order valence-electron chi connectivity index (χ4n) is 3.71. The molecule has 2 aromatic rings. The first kappa shape index (κ1) is 17.6. The maximum atomic E-state index is 13.0. The van der Waals surface area contributed by atoms with Crippen LogP contribution in [0.3, 0.4) is 0 Å². The van der Waals surface area contributed by atoms with Gasteiger partial charge in [-0.3, -0.25) is 0 Å². The molecule has 0 atom stereocenters. The monoisotopic (exact) mass is 366 g/mol. The smallest absolute Gasteiger partial charge is 0.320 e. The molecule has 2 aliphatic heterocycles. The maximum Gasteiger partial charge on any atom is 0.320 e. The molecule has 0 bridgehead atoms. The number of fused-ring (bicyclic) bond motifs is 1. The molecule has 0 radical (unpaired) electrons. The molecule has 0 aliphatic carbocycles. The molecule has 4 rings (SSSR count). The average molecular weight is 366 g/mol. The first-order chi connectivity index (χ1) is 13.1. The Bertz CT molecular complexity index is 813. The second-order valence-corrected chi connectivity index (χ2v) is 7.52. The van der Waals surface area contributed by atoms with Gasteiger partial charge >= 0.3 is 6.03 Å². The number of carbonyl (C=O) groups is 1. The quantitative estimate of drug-likeness (QED) is 0.840. The van der Waals surface area contributed by atoms with E-state index in [1.807, 2.05) is 28.0 Å². The number of anilines is 1. The topological polar surface area (TPSA) is 71.7 Å². The number of carbonyl (C=O) groups excluding carboxylic acids is 1. The third-order valence-corrected chi connectivity index (χ3v) is 5.48. The Morgan fingerprint density at radius 2 is 1.89 bits per heavy atom. The number of nitrogens with zero attached hydrogens (tertiary/aromatic N) is 3. The van der Waals surface area contributed by atoms with Crippen LogP contribution < -0.4 is 10.5 Å². The van der Waals surface area contributed by atoms with E-state index in [1.54, 1.807) is 12.3 Å². The van der Waals surface area contributed by atoms with Gasteiger partial charge in [0.1, 0.15) is 18.2 Å².